The number of fused-ring (bicyclic) bond motifs is 2. The first-order valence-electron chi connectivity index (χ1n) is 16.3. The minimum absolute atomic E-state index is 0.0146. The fraction of sp³-hybridized carbons (Fsp3) is 0.457. The molecule has 3 amide bonds. The Labute approximate surface area is 285 Å². The molecule has 1 saturated heterocycles. The molecule has 14 heteroatoms. The summed E-state index contributed by atoms with van der Waals surface area (Å²) >= 11 is 0. The molecule has 49 heavy (non-hydrogen) atoms. The van der Waals surface area contributed by atoms with E-state index in [4.69, 9.17) is 6.57 Å². The average Bonchev–Trinajstić information content (AvgIpc) is 3.46. The van der Waals surface area contributed by atoms with Crippen LogP contribution in [0.1, 0.15) is 58.4 Å². The summed E-state index contributed by atoms with van der Waals surface area (Å²) in [5, 5.41) is 6.76. The fourth-order valence-corrected chi connectivity index (χ4v) is 7.97. The van der Waals surface area contributed by atoms with Gasteiger partial charge in [0.25, 0.3) is 15.9 Å². The van der Waals surface area contributed by atoms with Crippen LogP contribution in [0, 0.1) is 23.7 Å². The van der Waals surface area contributed by atoms with Gasteiger partial charge in [-0.05, 0) is 66.1 Å². The number of likely N-dealkylation sites (tertiary alicyclic amines) is 1. The van der Waals surface area contributed by atoms with Gasteiger partial charge in [-0.2, -0.15) is 9.82 Å². The van der Waals surface area contributed by atoms with Gasteiger partial charge in [0, 0.05) is 25.5 Å². The molecule has 2 N–H and O–H groups in total. The number of nitrogens with zero attached hydrogens (tertiary/aromatic N) is 5. The number of nitrogens with one attached hydrogen (secondary N) is 2. The van der Waals surface area contributed by atoms with Crippen molar-refractivity contribution in [3.05, 3.63) is 83.6 Å². The maximum absolute atomic E-state index is 14.5. The molecule has 0 bridgehead atoms. The molecule has 2 aromatic carbocycles. The van der Waals surface area contributed by atoms with Crippen molar-refractivity contribution in [3.8, 4) is 5.69 Å². The van der Waals surface area contributed by atoms with Gasteiger partial charge in [-0.1, -0.05) is 51.8 Å². The van der Waals surface area contributed by atoms with Gasteiger partial charge in [0.15, 0.2) is 5.03 Å². The lowest BCUT2D eigenvalue weighted by atomic mass is 9.80. The Morgan fingerprint density at radius 1 is 1.16 bits per heavy atom. The number of para-hydroxylation sites is 1. The number of hydrogen-bond donors (Lipinski definition) is 2. The van der Waals surface area contributed by atoms with E-state index in [0.29, 0.717) is 11.4 Å². The molecule has 3 aromatic rings. The third kappa shape index (κ3) is 6.82. The molecule has 3 aliphatic rings. The maximum atomic E-state index is 14.5. The predicted octanol–water partition coefficient (Wildman–Crippen LogP) is 4.09. The van der Waals surface area contributed by atoms with Crippen LogP contribution in [0.25, 0.3) is 10.5 Å². The number of aromatic nitrogens is 2. The van der Waals surface area contributed by atoms with Gasteiger partial charge in [0.1, 0.15) is 23.3 Å². The van der Waals surface area contributed by atoms with E-state index in [-0.39, 0.29) is 42.7 Å². The Bertz CT molecular complexity index is 1930. The number of carbonyl (C=O) groups is 3. The van der Waals surface area contributed by atoms with E-state index in [1.165, 1.54) is 58.1 Å². The number of rotatable bonds is 10. The molecule has 6 rings (SSSR count). The molecule has 2 aliphatic heterocycles. The summed E-state index contributed by atoms with van der Waals surface area (Å²) in [6.07, 6.45) is 2.81. The van der Waals surface area contributed by atoms with Crippen molar-refractivity contribution in [1.29, 1.82) is 0 Å². The van der Waals surface area contributed by atoms with Gasteiger partial charge in [-0.3, -0.25) is 24.1 Å². The van der Waals surface area contributed by atoms with Gasteiger partial charge in [-0.25, -0.2) is 24.1 Å². The third-order valence-electron chi connectivity index (χ3n) is 9.59. The molecule has 258 valence electrons. The van der Waals surface area contributed by atoms with Crippen LogP contribution in [0.5, 0.6) is 0 Å². The molecule has 0 radical (unpaired) electrons. The first kappa shape index (κ1) is 34.3. The van der Waals surface area contributed by atoms with Crippen LogP contribution in [-0.2, 0) is 29.8 Å². The Kier molecular flexibility index (Phi) is 8.87. The molecule has 2 fully saturated rings. The Morgan fingerprint density at radius 3 is 2.51 bits per heavy atom. The smallest absolute Gasteiger partial charge is 0.302 e. The summed E-state index contributed by atoms with van der Waals surface area (Å²) in [5.41, 5.74) is 0.327. The van der Waals surface area contributed by atoms with Crippen LogP contribution in [0.3, 0.4) is 0 Å². The van der Waals surface area contributed by atoms with E-state index in [2.05, 4.69) is 20.0 Å². The summed E-state index contributed by atoms with van der Waals surface area (Å²) in [6.45, 7) is 13.7. The van der Waals surface area contributed by atoms with Crippen LogP contribution in [0.15, 0.2) is 65.8 Å². The standard InChI is InChI=1S/C35H40FN7O5S/c1-34(2,3)19-28(32(45)42-21-35(20-29(42)37-4)25-8-6-7-9-26(25)38-33(35)46)41(5)31(44)27(18-22-10-11-22)40-49(47,48)30-16-17-43(39-30)24-14-12-23(36)13-15-24/h6-9,12-17,22,27-29,40H,10-11,18-21H2,1-3,5H3,(H,38,46)/t27-,28-,29-,35-/m0/s1. The molecular formula is C35H40FN7O5S. The number of likely N-dealkylation sites (N-methyl/N-ethyl adjacent to an activating group) is 1. The number of sulfonamides is 1. The number of carbonyl (C=O) groups excluding carboxylic acids is 3. The summed E-state index contributed by atoms with van der Waals surface area (Å²) < 4.78 is 44.5. The van der Waals surface area contributed by atoms with Gasteiger partial charge in [0.05, 0.1) is 12.1 Å². The van der Waals surface area contributed by atoms with Gasteiger partial charge in [-0.15, -0.1) is 0 Å². The van der Waals surface area contributed by atoms with Crippen LogP contribution in [-0.4, -0.2) is 77.6 Å². The summed E-state index contributed by atoms with van der Waals surface area (Å²) in [6, 6.07) is 11.8. The highest BCUT2D eigenvalue weighted by Gasteiger charge is 2.59. The number of hydrogen-bond acceptors (Lipinski definition) is 6. The zero-order chi connectivity index (χ0) is 35.3. The molecule has 4 atom stereocenters. The molecule has 3 heterocycles. The first-order valence-corrected chi connectivity index (χ1v) is 17.8. The molecule has 1 aliphatic carbocycles. The number of anilines is 1. The van der Waals surface area contributed by atoms with Crippen molar-refractivity contribution in [2.45, 2.75) is 81.6 Å². The SMILES string of the molecule is [C-]#[N+][C@@H]1C[C@@]2(CN1C(=O)[C@H](CC(C)(C)C)N(C)C(=O)[C@H](CC1CC1)NS(=O)(=O)c1ccn(-c3ccc(F)cc3)n1)C(=O)Nc1ccccc12. The zero-order valence-corrected chi connectivity index (χ0v) is 28.7. The summed E-state index contributed by atoms with van der Waals surface area (Å²) in [4.78, 5) is 48.6. The van der Waals surface area contributed by atoms with Crippen molar-refractivity contribution in [2.24, 2.45) is 11.3 Å². The number of benzene rings is 2. The lowest BCUT2D eigenvalue weighted by molar-refractivity contribution is -0.147. The lowest BCUT2D eigenvalue weighted by Crippen LogP contribution is -2.56. The van der Waals surface area contributed by atoms with Crippen molar-refractivity contribution in [1.82, 2.24) is 24.3 Å². The van der Waals surface area contributed by atoms with Crippen molar-refractivity contribution in [3.63, 3.8) is 0 Å². The summed E-state index contributed by atoms with van der Waals surface area (Å²) in [7, 11) is -2.80. The van der Waals surface area contributed by atoms with E-state index in [0.717, 1.165) is 18.4 Å². The van der Waals surface area contributed by atoms with E-state index in [9.17, 15) is 27.2 Å². The first-order chi connectivity index (χ1) is 23.1. The van der Waals surface area contributed by atoms with Crippen LogP contribution in [0.4, 0.5) is 10.1 Å². The summed E-state index contributed by atoms with van der Waals surface area (Å²) in [5.74, 6) is -1.61. The van der Waals surface area contributed by atoms with Crippen molar-refractivity contribution >= 4 is 33.4 Å². The van der Waals surface area contributed by atoms with Gasteiger partial charge in [0.2, 0.25) is 11.8 Å². The maximum Gasteiger partial charge on any atom is 0.302 e. The second-order valence-corrected chi connectivity index (χ2v) is 16.2. The normalized spacial score (nSPS) is 21.6. The molecule has 1 spiro atoms. The highest BCUT2D eigenvalue weighted by Crippen LogP contribution is 2.47. The third-order valence-corrected chi connectivity index (χ3v) is 11.0. The molecule has 1 aromatic heterocycles. The molecule has 0 unspecified atom stereocenters. The molecule has 1 saturated carbocycles. The lowest BCUT2D eigenvalue weighted by Gasteiger charge is -2.36. The Balaban J connectivity index is 1.26. The minimum Gasteiger partial charge on any atom is -0.332 e. The average molecular weight is 690 g/mol. The largest absolute Gasteiger partial charge is 0.332 e. The van der Waals surface area contributed by atoms with Gasteiger partial charge >= 0.3 is 6.17 Å². The highest BCUT2D eigenvalue weighted by molar-refractivity contribution is 7.89. The highest BCUT2D eigenvalue weighted by atomic mass is 32.2. The second-order valence-electron chi connectivity index (χ2n) is 14.5. The van der Waals surface area contributed by atoms with E-state index >= 15 is 0 Å². The van der Waals surface area contributed by atoms with Crippen LogP contribution < -0.4 is 10.0 Å². The molecule has 12 nitrogen and oxygen atoms in total. The quantitative estimate of drug-likeness (QED) is 0.308. The Hall–Kier alpha value is -4.61. The number of amides is 3. The topological polar surface area (TPSA) is 138 Å². The van der Waals surface area contributed by atoms with Crippen molar-refractivity contribution < 1.29 is 27.2 Å². The monoisotopic (exact) mass is 689 g/mol. The van der Waals surface area contributed by atoms with Crippen LogP contribution in [0.2, 0.25) is 0 Å². The predicted molar refractivity (Wildman–Crippen MR) is 179 cm³/mol. The van der Waals surface area contributed by atoms with Crippen molar-refractivity contribution in [2.75, 3.05) is 18.9 Å². The molecular weight excluding hydrogens is 649 g/mol. The van der Waals surface area contributed by atoms with Crippen LogP contribution >= 0.6 is 0 Å². The van der Waals surface area contributed by atoms with E-state index in [1.807, 2.05) is 39.0 Å². The number of halogens is 1. The van der Waals surface area contributed by atoms with E-state index < -0.39 is 56.7 Å². The fourth-order valence-electron chi connectivity index (χ4n) is 6.84. The second kappa shape index (κ2) is 12.7. The minimum atomic E-state index is -4.29. The van der Waals surface area contributed by atoms with Gasteiger partial charge < -0.3 is 10.2 Å². The Morgan fingerprint density at radius 2 is 1.86 bits per heavy atom. The zero-order valence-electron chi connectivity index (χ0n) is 27.9. The van der Waals surface area contributed by atoms with E-state index in [1.54, 1.807) is 6.07 Å².